The maximum absolute atomic E-state index is 13.1. The number of esters is 2. The van der Waals surface area contributed by atoms with Gasteiger partial charge in [0, 0.05) is 26.8 Å². The number of ether oxygens (including phenoxy) is 3. The molecule has 0 bridgehead atoms. The zero-order valence-corrected chi connectivity index (χ0v) is 16.6. The third kappa shape index (κ3) is 5.13. The van der Waals surface area contributed by atoms with Gasteiger partial charge in [-0.1, -0.05) is 0 Å². The number of nitrogens with zero attached hydrogens (tertiary/aromatic N) is 4. The Morgan fingerprint density at radius 1 is 1.32 bits per heavy atom. The quantitative estimate of drug-likeness (QED) is 0.640. The van der Waals surface area contributed by atoms with E-state index in [0.29, 0.717) is 0 Å². The number of aryl methyl sites for hydroxylation is 1. The molecule has 0 aromatic carbocycles. The lowest BCUT2D eigenvalue weighted by molar-refractivity contribution is -0.153. The van der Waals surface area contributed by atoms with Gasteiger partial charge in [-0.05, 0) is 0 Å². The Morgan fingerprint density at radius 2 is 2.03 bits per heavy atom. The van der Waals surface area contributed by atoms with Crippen LogP contribution in [-0.4, -0.2) is 56.0 Å². The van der Waals surface area contributed by atoms with Gasteiger partial charge >= 0.3 is 23.8 Å². The van der Waals surface area contributed by atoms with Crippen LogP contribution in [0.1, 0.15) is 32.9 Å². The highest BCUT2D eigenvalue weighted by Gasteiger charge is 2.42. The van der Waals surface area contributed by atoms with Crippen molar-refractivity contribution in [2.75, 3.05) is 12.3 Å². The summed E-state index contributed by atoms with van der Waals surface area (Å²) >= 11 is 0. The van der Waals surface area contributed by atoms with E-state index in [9.17, 15) is 27.6 Å². The Labute approximate surface area is 172 Å². The molecule has 3 heterocycles. The number of hydrogen-bond donors (Lipinski definition) is 1. The smallest absolute Gasteiger partial charge is 0.390 e. The number of nitrogen functional groups attached to an aromatic ring is 1. The van der Waals surface area contributed by atoms with Gasteiger partial charge in [0.25, 0.3) is 0 Å². The van der Waals surface area contributed by atoms with Crippen LogP contribution >= 0.6 is 0 Å². The number of carbonyl (C=O) groups excluding carboxylic acids is 2. The average Bonchev–Trinajstić information content (AvgIpc) is 3.14. The Bertz CT molecular complexity index is 1050. The molecular weight excluding hydrogens is 427 g/mol. The number of rotatable bonds is 6. The van der Waals surface area contributed by atoms with Crippen LogP contribution in [0.25, 0.3) is 11.2 Å². The van der Waals surface area contributed by atoms with Crippen molar-refractivity contribution < 1.29 is 37.0 Å². The lowest BCUT2D eigenvalue weighted by atomic mass is 10.2. The topological polar surface area (TPSA) is 141 Å². The molecule has 11 nitrogen and oxygen atoms in total. The van der Waals surface area contributed by atoms with Gasteiger partial charge in [0.05, 0.1) is 18.7 Å². The van der Waals surface area contributed by atoms with Crippen molar-refractivity contribution in [3.05, 3.63) is 16.7 Å². The number of aromatic nitrogens is 4. The summed E-state index contributed by atoms with van der Waals surface area (Å²) in [6, 6.07) is 0. The van der Waals surface area contributed by atoms with Crippen LogP contribution in [0.15, 0.2) is 11.0 Å². The van der Waals surface area contributed by atoms with Crippen molar-refractivity contribution >= 4 is 29.1 Å². The van der Waals surface area contributed by atoms with Crippen molar-refractivity contribution in [2.45, 2.75) is 57.8 Å². The molecule has 0 unspecified atom stereocenters. The van der Waals surface area contributed by atoms with Crippen molar-refractivity contribution in [3.8, 4) is 0 Å². The maximum Gasteiger partial charge on any atom is 0.390 e. The molecule has 0 radical (unpaired) electrons. The summed E-state index contributed by atoms with van der Waals surface area (Å²) in [5, 5.41) is 0. The van der Waals surface area contributed by atoms with E-state index in [1.54, 1.807) is 0 Å². The first-order chi connectivity index (χ1) is 14.5. The summed E-state index contributed by atoms with van der Waals surface area (Å²) in [5.74, 6) is -1.43. The van der Waals surface area contributed by atoms with Gasteiger partial charge in [0.2, 0.25) is 5.95 Å². The van der Waals surface area contributed by atoms with E-state index in [2.05, 4.69) is 9.97 Å². The van der Waals surface area contributed by atoms with Crippen LogP contribution in [0.3, 0.4) is 0 Å². The number of carbonyl (C=O) groups is 2. The minimum atomic E-state index is -4.50. The predicted octanol–water partition coefficient (Wildman–Crippen LogP) is 0.910. The molecule has 2 aromatic rings. The first-order valence-electron chi connectivity index (χ1n) is 9.22. The number of fused-ring (bicyclic) bond motifs is 1. The third-order valence-corrected chi connectivity index (χ3v) is 4.53. The predicted molar refractivity (Wildman–Crippen MR) is 97.6 cm³/mol. The van der Waals surface area contributed by atoms with Crippen LogP contribution < -0.4 is 11.4 Å². The fourth-order valence-corrected chi connectivity index (χ4v) is 3.34. The van der Waals surface area contributed by atoms with Crippen LogP contribution in [0.5, 0.6) is 0 Å². The molecule has 170 valence electrons. The standard InChI is InChI=1S/C17H20F3N5O6/c1-8(26)29-7-10-5-12(30-9(2)27)14(31-10)25-13-11(6-22-15(21)23-13)24(16(25)28)4-3-17(18,19)20/h6,10,12,14H,3-5,7H2,1-2H3,(H2,21,22,23)/t10-,12+,14+/m0/s1. The van der Waals surface area contributed by atoms with Crippen LogP contribution in [-0.2, 0) is 30.3 Å². The number of anilines is 1. The van der Waals surface area contributed by atoms with Crippen LogP contribution in [0, 0.1) is 0 Å². The molecule has 3 rings (SSSR count). The van der Waals surface area contributed by atoms with E-state index in [0.717, 1.165) is 22.3 Å². The first kappa shape index (κ1) is 22.5. The van der Waals surface area contributed by atoms with E-state index in [-0.39, 0.29) is 30.1 Å². The molecule has 1 aliphatic heterocycles. The van der Waals surface area contributed by atoms with Crippen molar-refractivity contribution in [2.24, 2.45) is 0 Å². The van der Waals surface area contributed by atoms with Crippen molar-refractivity contribution in [1.29, 1.82) is 0 Å². The zero-order chi connectivity index (χ0) is 22.9. The van der Waals surface area contributed by atoms with E-state index in [4.69, 9.17) is 19.9 Å². The normalized spacial score (nSPS) is 21.4. The van der Waals surface area contributed by atoms with E-state index < -0.39 is 55.2 Å². The molecule has 1 saturated heterocycles. The van der Waals surface area contributed by atoms with E-state index in [1.165, 1.54) is 6.92 Å². The minimum absolute atomic E-state index is 0.0112. The molecule has 3 atom stereocenters. The Morgan fingerprint density at radius 3 is 2.65 bits per heavy atom. The third-order valence-electron chi connectivity index (χ3n) is 4.53. The summed E-state index contributed by atoms with van der Waals surface area (Å²) in [5.41, 5.74) is 4.68. The summed E-state index contributed by atoms with van der Waals surface area (Å²) in [4.78, 5) is 43.4. The number of hydrogen-bond acceptors (Lipinski definition) is 9. The maximum atomic E-state index is 13.1. The van der Waals surface area contributed by atoms with Gasteiger partial charge in [0.15, 0.2) is 11.9 Å². The average molecular weight is 447 g/mol. The monoisotopic (exact) mass is 447 g/mol. The molecule has 2 aromatic heterocycles. The summed E-state index contributed by atoms with van der Waals surface area (Å²) in [7, 11) is 0. The highest BCUT2D eigenvalue weighted by molar-refractivity contribution is 5.72. The first-order valence-corrected chi connectivity index (χ1v) is 9.22. The van der Waals surface area contributed by atoms with E-state index in [1.807, 2.05) is 0 Å². The largest absolute Gasteiger partial charge is 0.463 e. The molecule has 14 heteroatoms. The molecule has 0 saturated carbocycles. The van der Waals surface area contributed by atoms with Gasteiger partial charge in [0.1, 0.15) is 18.2 Å². The SMILES string of the molecule is CC(=O)OC[C@@H]1C[C@@H](OC(C)=O)[C@H](n2c(=O)n(CCC(F)(F)F)c3cnc(N)nc32)O1. The highest BCUT2D eigenvalue weighted by atomic mass is 19.4. The van der Waals surface area contributed by atoms with Crippen LogP contribution in [0.2, 0.25) is 0 Å². The lowest BCUT2D eigenvalue weighted by Gasteiger charge is -2.19. The zero-order valence-electron chi connectivity index (χ0n) is 16.6. The Kier molecular flexibility index (Phi) is 6.20. The number of halogens is 3. The van der Waals surface area contributed by atoms with Gasteiger partial charge < -0.3 is 19.9 Å². The fourth-order valence-electron chi connectivity index (χ4n) is 3.34. The number of alkyl halides is 3. The molecule has 1 aliphatic rings. The molecule has 1 fully saturated rings. The lowest BCUT2D eigenvalue weighted by Crippen LogP contribution is -2.34. The molecule has 0 spiro atoms. The fraction of sp³-hybridized carbons (Fsp3) is 0.588. The second kappa shape index (κ2) is 8.53. The Hall–Kier alpha value is -3.16. The molecule has 0 amide bonds. The van der Waals surface area contributed by atoms with Gasteiger partial charge in [-0.15, -0.1) is 0 Å². The van der Waals surface area contributed by atoms with Crippen molar-refractivity contribution in [3.63, 3.8) is 0 Å². The van der Waals surface area contributed by atoms with Gasteiger partial charge in [-0.2, -0.15) is 18.2 Å². The highest BCUT2D eigenvalue weighted by Crippen LogP contribution is 2.33. The van der Waals surface area contributed by atoms with Gasteiger partial charge in [-0.3, -0.25) is 14.2 Å². The summed E-state index contributed by atoms with van der Waals surface area (Å²) in [6.45, 7) is 1.52. The molecule has 31 heavy (non-hydrogen) atoms. The number of imidazole rings is 1. The summed E-state index contributed by atoms with van der Waals surface area (Å²) < 4.78 is 56.0. The minimum Gasteiger partial charge on any atom is -0.463 e. The molecule has 2 N–H and O–H groups in total. The second-order valence-electron chi connectivity index (χ2n) is 6.94. The molecular formula is C17H20F3N5O6. The van der Waals surface area contributed by atoms with Crippen LogP contribution in [0.4, 0.5) is 19.1 Å². The Balaban J connectivity index is 2.05. The molecule has 0 aliphatic carbocycles. The van der Waals surface area contributed by atoms with E-state index >= 15 is 0 Å². The van der Waals surface area contributed by atoms with Gasteiger partial charge in [-0.25, -0.2) is 14.3 Å². The number of nitrogens with two attached hydrogens (primary N) is 1. The van der Waals surface area contributed by atoms with Crippen molar-refractivity contribution in [1.82, 2.24) is 19.1 Å². The summed E-state index contributed by atoms with van der Waals surface area (Å²) in [6.07, 6.45) is -7.46. The second-order valence-corrected chi connectivity index (χ2v) is 6.94.